The fourth-order valence-electron chi connectivity index (χ4n) is 2.26. The number of nitrogens with one attached hydrogen (secondary N) is 2. The molecular formula is C13H16N6O2S. The third kappa shape index (κ3) is 2.37. The largest absolute Gasteiger partial charge is 0.348 e. The van der Waals surface area contributed by atoms with Gasteiger partial charge in [0.1, 0.15) is 5.41 Å². The maximum absolute atomic E-state index is 12.4. The summed E-state index contributed by atoms with van der Waals surface area (Å²) in [7, 11) is 3.31. The Hall–Kier alpha value is -2.29. The molecule has 1 aliphatic carbocycles. The van der Waals surface area contributed by atoms with Crippen LogP contribution in [0, 0.1) is 12.3 Å². The molecule has 2 N–H and O–H groups in total. The third-order valence-electron chi connectivity index (χ3n) is 3.71. The van der Waals surface area contributed by atoms with E-state index in [1.54, 1.807) is 20.3 Å². The Labute approximate surface area is 130 Å². The number of carbonyl (C=O) groups excluding carboxylic acids is 2. The molecule has 0 spiro atoms. The number of nitrogens with zero attached hydrogens (tertiary/aromatic N) is 4. The second-order valence-corrected chi connectivity index (χ2v) is 6.53. The smallest absolute Gasteiger partial charge is 0.241 e. The van der Waals surface area contributed by atoms with Crippen LogP contribution in [0.4, 0.5) is 5.13 Å². The van der Waals surface area contributed by atoms with E-state index < -0.39 is 5.41 Å². The van der Waals surface area contributed by atoms with Gasteiger partial charge in [0.05, 0.1) is 11.8 Å². The highest BCUT2D eigenvalue weighted by atomic mass is 32.1. The van der Waals surface area contributed by atoms with E-state index in [4.69, 9.17) is 0 Å². The zero-order valence-electron chi connectivity index (χ0n) is 12.5. The van der Waals surface area contributed by atoms with Crippen LogP contribution in [0.15, 0.2) is 6.20 Å². The first-order valence-corrected chi connectivity index (χ1v) is 7.63. The fourth-order valence-corrected chi connectivity index (χ4v) is 3.06. The van der Waals surface area contributed by atoms with E-state index in [1.165, 1.54) is 16.2 Å². The van der Waals surface area contributed by atoms with Crippen LogP contribution < -0.4 is 5.32 Å². The van der Waals surface area contributed by atoms with Gasteiger partial charge in [-0.3, -0.25) is 20.0 Å². The summed E-state index contributed by atoms with van der Waals surface area (Å²) in [6.45, 7) is 1.89. The molecule has 0 aliphatic heterocycles. The minimum absolute atomic E-state index is 0.166. The monoisotopic (exact) mass is 320 g/mol. The van der Waals surface area contributed by atoms with Gasteiger partial charge in [0.15, 0.2) is 5.01 Å². The van der Waals surface area contributed by atoms with Crippen LogP contribution in [0.25, 0.3) is 10.6 Å². The number of H-pyrrole nitrogens is 1. The first kappa shape index (κ1) is 14.6. The lowest BCUT2D eigenvalue weighted by atomic mass is 10.1. The molecule has 2 aromatic rings. The van der Waals surface area contributed by atoms with Crippen molar-refractivity contribution in [1.29, 1.82) is 0 Å². The average molecular weight is 320 g/mol. The van der Waals surface area contributed by atoms with Crippen LogP contribution in [0.5, 0.6) is 0 Å². The van der Waals surface area contributed by atoms with Crippen LogP contribution in [-0.2, 0) is 9.59 Å². The molecule has 0 aromatic carbocycles. The van der Waals surface area contributed by atoms with Crippen molar-refractivity contribution in [2.75, 3.05) is 19.4 Å². The Kier molecular flexibility index (Phi) is 3.44. The summed E-state index contributed by atoms with van der Waals surface area (Å²) in [5, 5.41) is 18.6. The van der Waals surface area contributed by atoms with Crippen LogP contribution in [-0.4, -0.2) is 51.2 Å². The highest BCUT2D eigenvalue weighted by Crippen LogP contribution is 2.48. The average Bonchev–Trinajstić information content (AvgIpc) is 2.99. The number of aromatic nitrogens is 4. The number of aromatic amines is 1. The van der Waals surface area contributed by atoms with Gasteiger partial charge in [-0.15, -0.1) is 10.2 Å². The van der Waals surface area contributed by atoms with Crippen LogP contribution in [0.3, 0.4) is 0 Å². The normalized spacial score (nSPS) is 15.4. The van der Waals surface area contributed by atoms with E-state index in [0.717, 1.165) is 11.3 Å². The van der Waals surface area contributed by atoms with Crippen LogP contribution >= 0.6 is 11.3 Å². The zero-order chi connectivity index (χ0) is 15.9. The number of hydrogen-bond acceptors (Lipinski definition) is 6. The summed E-state index contributed by atoms with van der Waals surface area (Å²) >= 11 is 1.26. The Morgan fingerprint density at radius 1 is 1.36 bits per heavy atom. The molecule has 0 radical (unpaired) electrons. The van der Waals surface area contributed by atoms with Gasteiger partial charge in [-0.25, -0.2) is 0 Å². The zero-order valence-corrected chi connectivity index (χ0v) is 13.3. The van der Waals surface area contributed by atoms with Gasteiger partial charge in [-0.05, 0) is 19.8 Å². The minimum Gasteiger partial charge on any atom is -0.348 e. The maximum Gasteiger partial charge on any atom is 0.241 e. The molecule has 2 heterocycles. The molecule has 2 aromatic heterocycles. The number of anilines is 1. The van der Waals surface area contributed by atoms with Crippen molar-refractivity contribution < 1.29 is 9.59 Å². The topological polar surface area (TPSA) is 104 Å². The standard InChI is InChI=1S/C13H16N6O2S/c1-7-8(6-14-16-7)9-17-18-12(22-9)15-10(20)13(4-5-13)11(21)19(2)3/h6H,4-5H2,1-3H3,(H,14,16)(H,15,18,20). The molecule has 1 fully saturated rings. The quantitative estimate of drug-likeness (QED) is 0.819. The fraction of sp³-hybridized carbons (Fsp3) is 0.462. The predicted octanol–water partition coefficient (Wildman–Crippen LogP) is 1.04. The van der Waals surface area contributed by atoms with E-state index in [2.05, 4.69) is 25.7 Å². The molecule has 9 heteroatoms. The number of rotatable bonds is 4. The van der Waals surface area contributed by atoms with Crippen molar-refractivity contribution in [2.24, 2.45) is 5.41 Å². The highest BCUT2D eigenvalue weighted by Gasteiger charge is 2.57. The molecule has 0 saturated heterocycles. The molecule has 0 bridgehead atoms. The Balaban J connectivity index is 1.75. The predicted molar refractivity (Wildman–Crippen MR) is 81.2 cm³/mol. The Morgan fingerprint density at radius 3 is 2.64 bits per heavy atom. The van der Waals surface area contributed by atoms with E-state index in [0.29, 0.717) is 23.0 Å². The van der Waals surface area contributed by atoms with Gasteiger partial charge in [0, 0.05) is 19.8 Å². The Morgan fingerprint density at radius 2 is 2.09 bits per heavy atom. The van der Waals surface area contributed by atoms with E-state index in [-0.39, 0.29) is 11.8 Å². The van der Waals surface area contributed by atoms with Gasteiger partial charge >= 0.3 is 0 Å². The molecular weight excluding hydrogens is 304 g/mol. The summed E-state index contributed by atoms with van der Waals surface area (Å²) in [4.78, 5) is 25.9. The van der Waals surface area contributed by atoms with Gasteiger partial charge in [-0.2, -0.15) is 5.10 Å². The molecule has 0 unspecified atom stereocenters. The summed E-state index contributed by atoms with van der Waals surface area (Å²) in [6.07, 6.45) is 2.81. The maximum atomic E-state index is 12.4. The van der Waals surface area contributed by atoms with E-state index >= 15 is 0 Å². The summed E-state index contributed by atoms with van der Waals surface area (Å²) < 4.78 is 0. The molecule has 8 nitrogen and oxygen atoms in total. The lowest BCUT2D eigenvalue weighted by Crippen LogP contribution is -2.39. The first-order chi connectivity index (χ1) is 10.4. The second-order valence-electron chi connectivity index (χ2n) is 5.56. The lowest BCUT2D eigenvalue weighted by Gasteiger charge is -2.18. The van der Waals surface area contributed by atoms with Gasteiger partial charge in [-0.1, -0.05) is 11.3 Å². The molecule has 116 valence electrons. The van der Waals surface area contributed by atoms with Crippen molar-refractivity contribution in [2.45, 2.75) is 19.8 Å². The van der Waals surface area contributed by atoms with Crippen LogP contribution in [0.2, 0.25) is 0 Å². The van der Waals surface area contributed by atoms with Gasteiger partial charge < -0.3 is 4.90 Å². The summed E-state index contributed by atoms with van der Waals surface area (Å²) in [5.41, 5.74) is 0.805. The minimum atomic E-state index is -0.930. The number of aryl methyl sites for hydroxylation is 1. The van der Waals surface area contributed by atoms with Crippen molar-refractivity contribution >= 4 is 28.3 Å². The van der Waals surface area contributed by atoms with Crippen molar-refractivity contribution in [3.63, 3.8) is 0 Å². The molecule has 22 heavy (non-hydrogen) atoms. The van der Waals surface area contributed by atoms with Gasteiger partial charge in [0.2, 0.25) is 16.9 Å². The van der Waals surface area contributed by atoms with E-state index in [1.807, 2.05) is 6.92 Å². The molecule has 1 saturated carbocycles. The van der Waals surface area contributed by atoms with Crippen molar-refractivity contribution in [3.05, 3.63) is 11.9 Å². The number of carbonyl (C=O) groups is 2. The molecule has 3 rings (SSSR count). The molecule has 2 amide bonds. The summed E-state index contributed by atoms with van der Waals surface area (Å²) in [5.74, 6) is -0.474. The highest BCUT2D eigenvalue weighted by molar-refractivity contribution is 7.18. The van der Waals surface area contributed by atoms with Crippen molar-refractivity contribution in [3.8, 4) is 10.6 Å². The first-order valence-electron chi connectivity index (χ1n) is 6.81. The lowest BCUT2D eigenvalue weighted by molar-refractivity contribution is -0.140. The molecule has 0 atom stereocenters. The van der Waals surface area contributed by atoms with Gasteiger partial charge in [0.25, 0.3) is 0 Å². The second kappa shape index (κ2) is 5.16. The summed E-state index contributed by atoms with van der Waals surface area (Å²) in [6, 6.07) is 0. The van der Waals surface area contributed by atoms with E-state index in [9.17, 15) is 9.59 Å². The number of amides is 2. The third-order valence-corrected chi connectivity index (χ3v) is 4.58. The van der Waals surface area contributed by atoms with Crippen molar-refractivity contribution in [1.82, 2.24) is 25.3 Å². The SMILES string of the molecule is Cc1[nH]ncc1-c1nnc(NC(=O)C2(C(=O)N(C)C)CC2)s1. The Bertz CT molecular complexity index is 730. The van der Waals surface area contributed by atoms with Crippen LogP contribution in [0.1, 0.15) is 18.5 Å². The molecule has 1 aliphatic rings. The number of hydrogen-bond donors (Lipinski definition) is 2.